The van der Waals surface area contributed by atoms with E-state index in [4.69, 9.17) is 9.84 Å². The van der Waals surface area contributed by atoms with Crippen molar-refractivity contribution >= 4 is 15.9 Å². The number of halogens is 3. The van der Waals surface area contributed by atoms with Gasteiger partial charge in [-0.15, -0.1) is 0 Å². The number of benzene rings is 1. The summed E-state index contributed by atoms with van der Waals surface area (Å²) >= 11 is 3.37. The van der Waals surface area contributed by atoms with Crippen molar-refractivity contribution in [3.05, 3.63) is 28.2 Å². The molecule has 1 aliphatic heterocycles. The number of hydrogen-bond donors (Lipinski definition) is 2. The number of fused-ring (bicyclic) bond motifs is 1. The molecule has 0 aliphatic carbocycles. The Hall–Kier alpha value is -0.720. The van der Waals surface area contributed by atoms with Gasteiger partial charge in [-0.1, -0.05) is 15.9 Å². The molecule has 0 radical (unpaired) electrons. The zero-order valence-corrected chi connectivity index (χ0v) is 11.2. The Labute approximate surface area is 112 Å². The van der Waals surface area contributed by atoms with Crippen molar-refractivity contribution < 1.29 is 18.6 Å². The average molecular weight is 322 g/mol. The van der Waals surface area contributed by atoms with Crippen LogP contribution in [0.1, 0.15) is 18.0 Å². The van der Waals surface area contributed by atoms with Crippen molar-refractivity contribution in [2.75, 3.05) is 13.2 Å². The van der Waals surface area contributed by atoms with Gasteiger partial charge >= 0.3 is 0 Å². The number of rotatable bonds is 4. The molecule has 0 saturated carbocycles. The minimum atomic E-state index is -2.72. The largest absolute Gasteiger partial charge is 0.493 e. The molecule has 0 aromatic heterocycles. The Bertz CT molecular complexity index is 417. The van der Waals surface area contributed by atoms with Gasteiger partial charge in [0.2, 0.25) is 0 Å². The Balaban J connectivity index is 2.05. The summed E-state index contributed by atoms with van der Waals surface area (Å²) in [7, 11) is 0. The lowest BCUT2D eigenvalue weighted by Gasteiger charge is -2.27. The van der Waals surface area contributed by atoms with Crippen LogP contribution >= 0.6 is 15.9 Å². The Morgan fingerprint density at radius 1 is 1.50 bits per heavy atom. The van der Waals surface area contributed by atoms with Gasteiger partial charge in [0.1, 0.15) is 11.9 Å². The molecular weight excluding hydrogens is 308 g/mol. The number of aliphatic hydroxyl groups excluding tert-OH is 1. The summed E-state index contributed by atoms with van der Waals surface area (Å²) in [6.45, 7) is 0.408. The monoisotopic (exact) mass is 321 g/mol. The fourth-order valence-corrected chi connectivity index (χ4v) is 2.31. The lowest BCUT2D eigenvalue weighted by Crippen LogP contribution is -2.36. The molecule has 0 bridgehead atoms. The number of nitrogens with one attached hydrogen (secondary N) is 1. The van der Waals surface area contributed by atoms with Gasteiger partial charge in [-0.3, -0.25) is 0 Å². The standard InChI is InChI=1S/C12H14BrF2NO2/c13-7-1-2-11-8(5-7)9(3-4-18-11)16-6-10(17)12(14)15/h1-2,5,9-10,12,16-17H,3-4,6H2. The highest BCUT2D eigenvalue weighted by Gasteiger charge is 2.24. The third-order valence-electron chi connectivity index (χ3n) is 2.88. The van der Waals surface area contributed by atoms with Crippen LogP contribution in [0.3, 0.4) is 0 Å². The van der Waals surface area contributed by atoms with E-state index in [-0.39, 0.29) is 12.6 Å². The third kappa shape index (κ3) is 3.18. The maximum atomic E-state index is 12.2. The molecule has 6 heteroatoms. The van der Waals surface area contributed by atoms with Crippen molar-refractivity contribution in [2.45, 2.75) is 25.0 Å². The molecular formula is C12H14BrF2NO2. The van der Waals surface area contributed by atoms with Gasteiger partial charge in [0.25, 0.3) is 6.43 Å². The topological polar surface area (TPSA) is 41.5 Å². The first-order chi connectivity index (χ1) is 8.58. The van der Waals surface area contributed by atoms with Crippen LogP contribution in [-0.4, -0.2) is 30.8 Å². The fourth-order valence-electron chi connectivity index (χ4n) is 1.93. The summed E-state index contributed by atoms with van der Waals surface area (Å²) in [5, 5.41) is 12.1. The maximum Gasteiger partial charge on any atom is 0.265 e. The van der Waals surface area contributed by atoms with Crippen LogP contribution in [0, 0.1) is 0 Å². The number of hydrogen-bond acceptors (Lipinski definition) is 3. The van der Waals surface area contributed by atoms with E-state index in [2.05, 4.69) is 21.2 Å². The number of aliphatic hydroxyl groups is 1. The van der Waals surface area contributed by atoms with Crippen LogP contribution in [0.5, 0.6) is 5.75 Å². The van der Waals surface area contributed by atoms with Crippen LogP contribution in [0.25, 0.3) is 0 Å². The zero-order valence-electron chi connectivity index (χ0n) is 9.57. The van der Waals surface area contributed by atoms with E-state index in [9.17, 15) is 8.78 Å². The Kier molecular flexibility index (Phi) is 4.53. The van der Waals surface area contributed by atoms with E-state index in [0.717, 1.165) is 15.8 Å². The third-order valence-corrected chi connectivity index (χ3v) is 3.37. The van der Waals surface area contributed by atoms with Crippen LogP contribution in [-0.2, 0) is 0 Å². The van der Waals surface area contributed by atoms with Gasteiger partial charge in [0, 0.05) is 29.0 Å². The van der Waals surface area contributed by atoms with Crippen molar-refractivity contribution in [1.29, 1.82) is 0 Å². The molecule has 100 valence electrons. The van der Waals surface area contributed by atoms with Gasteiger partial charge in [0.15, 0.2) is 0 Å². The molecule has 1 heterocycles. The number of alkyl halides is 2. The van der Waals surface area contributed by atoms with Gasteiger partial charge < -0.3 is 15.2 Å². The van der Waals surface area contributed by atoms with Crippen LogP contribution < -0.4 is 10.1 Å². The molecule has 0 saturated heterocycles. The smallest absolute Gasteiger partial charge is 0.265 e. The molecule has 2 unspecified atom stereocenters. The highest BCUT2D eigenvalue weighted by molar-refractivity contribution is 9.10. The maximum absolute atomic E-state index is 12.2. The first-order valence-electron chi connectivity index (χ1n) is 5.70. The molecule has 3 nitrogen and oxygen atoms in total. The average Bonchev–Trinajstić information content (AvgIpc) is 2.35. The lowest BCUT2D eigenvalue weighted by molar-refractivity contribution is -0.00525. The second-order valence-corrected chi connectivity index (χ2v) is 5.10. The fraction of sp³-hybridized carbons (Fsp3) is 0.500. The molecule has 18 heavy (non-hydrogen) atoms. The summed E-state index contributed by atoms with van der Waals surface area (Å²) < 4.78 is 30.8. The van der Waals surface area contributed by atoms with Crippen LogP contribution in [0.2, 0.25) is 0 Å². The quantitative estimate of drug-likeness (QED) is 0.895. The zero-order chi connectivity index (χ0) is 13.1. The van der Waals surface area contributed by atoms with E-state index in [0.29, 0.717) is 13.0 Å². The Morgan fingerprint density at radius 3 is 3.00 bits per heavy atom. The molecule has 2 atom stereocenters. The normalized spacial score (nSPS) is 20.4. The first kappa shape index (κ1) is 13.7. The second-order valence-electron chi connectivity index (χ2n) is 4.18. The molecule has 0 spiro atoms. The first-order valence-corrected chi connectivity index (χ1v) is 6.49. The van der Waals surface area contributed by atoms with E-state index >= 15 is 0 Å². The summed E-state index contributed by atoms with van der Waals surface area (Å²) in [6, 6.07) is 5.55. The van der Waals surface area contributed by atoms with Gasteiger partial charge in [0.05, 0.1) is 6.61 Å². The highest BCUT2D eigenvalue weighted by atomic mass is 79.9. The summed E-state index contributed by atoms with van der Waals surface area (Å²) in [5.74, 6) is 0.758. The van der Waals surface area contributed by atoms with E-state index in [1.54, 1.807) is 0 Å². The minimum absolute atomic E-state index is 0.0698. The molecule has 0 amide bonds. The summed E-state index contributed by atoms with van der Waals surface area (Å²) in [4.78, 5) is 0. The molecule has 2 N–H and O–H groups in total. The SMILES string of the molecule is OC(CNC1CCOc2ccc(Br)cc21)C(F)F. The van der Waals surface area contributed by atoms with Crippen molar-refractivity contribution in [1.82, 2.24) is 5.32 Å². The lowest BCUT2D eigenvalue weighted by atomic mass is 10.0. The molecule has 0 fully saturated rings. The van der Waals surface area contributed by atoms with Gasteiger partial charge in [-0.2, -0.15) is 0 Å². The van der Waals surface area contributed by atoms with E-state index in [1.807, 2.05) is 18.2 Å². The predicted molar refractivity (Wildman–Crippen MR) is 67.0 cm³/mol. The molecule has 1 aromatic rings. The van der Waals surface area contributed by atoms with Crippen molar-refractivity contribution in [3.8, 4) is 5.75 Å². The van der Waals surface area contributed by atoms with Crippen LogP contribution in [0.4, 0.5) is 8.78 Å². The van der Waals surface area contributed by atoms with E-state index in [1.165, 1.54) is 0 Å². The summed E-state index contributed by atoms with van der Waals surface area (Å²) in [6.07, 6.45) is -3.66. The molecule has 1 aliphatic rings. The number of ether oxygens (including phenoxy) is 1. The predicted octanol–water partition coefficient (Wildman–Crippen LogP) is 2.49. The van der Waals surface area contributed by atoms with E-state index < -0.39 is 12.5 Å². The van der Waals surface area contributed by atoms with Crippen molar-refractivity contribution in [2.24, 2.45) is 0 Å². The van der Waals surface area contributed by atoms with Crippen LogP contribution in [0.15, 0.2) is 22.7 Å². The van der Waals surface area contributed by atoms with Gasteiger partial charge in [-0.05, 0) is 18.2 Å². The summed E-state index contributed by atoms with van der Waals surface area (Å²) in [5.41, 5.74) is 0.928. The molecule has 1 aromatic carbocycles. The minimum Gasteiger partial charge on any atom is -0.493 e. The Morgan fingerprint density at radius 2 is 2.28 bits per heavy atom. The van der Waals surface area contributed by atoms with Gasteiger partial charge in [-0.25, -0.2) is 8.78 Å². The molecule has 2 rings (SSSR count). The second kappa shape index (κ2) is 5.95. The van der Waals surface area contributed by atoms with Crippen molar-refractivity contribution in [3.63, 3.8) is 0 Å². The highest BCUT2D eigenvalue weighted by Crippen LogP contribution is 2.34.